The fraction of sp³-hybridized carbons (Fsp3) is 0.457. The molecule has 1 N–H and O–H groups in total. The highest BCUT2D eigenvalue weighted by Gasteiger charge is 2.35. The van der Waals surface area contributed by atoms with Crippen LogP contribution in [0.5, 0.6) is 0 Å². The van der Waals surface area contributed by atoms with E-state index in [9.17, 15) is 9.59 Å². The number of H-pyrrole nitrogens is 1. The molecule has 1 saturated heterocycles. The molecule has 3 heterocycles. The Morgan fingerprint density at radius 3 is 2.36 bits per heavy atom. The minimum atomic E-state index is -0.587. The molecule has 2 aromatic heterocycles. The number of benzene rings is 2. The molecule has 1 saturated carbocycles. The van der Waals surface area contributed by atoms with Gasteiger partial charge >= 0.3 is 5.76 Å². The number of unbranched alkanes of at least 4 members (excludes halogenated alkanes) is 1. The molecule has 2 fully saturated rings. The molecule has 0 radical (unpaired) electrons. The molecule has 0 bridgehead atoms. The summed E-state index contributed by atoms with van der Waals surface area (Å²) in [5.74, 6) is 2.21. The second-order valence-electron chi connectivity index (χ2n) is 12.4. The smallest absolute Gasteiger partial charge is 0.366 e. The van der Waals surface area contributed by atoms with Crippen LogP contribution in [0, 0.1) is 18.8 Å². The van der Waals surface area contributed by atoms with E-state index in [0.717, 1.165) is 88.5 Å². The van der Waals surface area contributed by atoms with Crippen molar-refractivity contribution >= 4 is 17.2 Å². The van der Waals surface area contributed by atoms with E-state index in [2.05, 4.69) is 34.1 Å². The quantitative estimate of drug-likeness (QED) is 0.209. The summed E-state index contributed by atoms with van der Waals surface area (Å²) in [4.78, 5) is 36.6. The maximum absolute atomic E-state index is 14.0. The Morgan fingerprint density at radius 1 is 1.00 bits per heavy atom. The number of aromatic amines is 1. The van der Waals surface area contributed by atoms with Crippen molar-refractivity contribution in [3.05, 3.63) is 92.1 Å². The topological polar surface area (TPSA) is 97.0 Å². The monoisotopic (exact) mass is 611 g/mol. The van der Waals surface area contributed by atoms with E-state index in [1.54, 1.807) is 0 Å². The normalized spacial score (nSPS) is 18.0. The Morgan fingerprint density at radius 2 is 1.70 bits per heavy atom. The Balaban J connectivity index is 1.22. The van der Waals surface area contributed by atoms with Crippen LogP contribution in [-0.4, -0.2) is 42.7 Å². The summed E-state index contributed by atoms with van der Waals surface area (Å²) >= 11 is 5.91. The molecule has 1 aliphatic heterocycles. The highest BCUT2D eigenvalue weighted by molar-refractivity contribution is 7.80. The number of aryl methyl sites for hydroxylation is 2. The van der Waals surface area contributed by atoms with E-state index >= 15 is 0 Å². The Bertz CT molecular complexity index is 1720. The lowest BCUT2D eigenvalue weighted by Gasteiger charge is -2.22. The summed E-state index contributed by atoms with van der Waals surface area (Å²) in [6.45, 7) is 6.75. The first-order chi connectivity index (χ1) is 21.4. The van der Waals surface area contributed by atoms with Gasteiger partial charge in [0.15, 0.2) is 5.82 Å². The van der Waals surface area contributed by atoms with Crippen LogP contribution < -0.4 is 11.3 Å². The van der Waals surface area contributed by atoms with Crippen LogP contribution in [0.2, 0.25) is 0 Å². The minimum Gasteiger partial charge on any atom is -0.366 e. The van der Waals surface area contributed by atoms with Crippen LogP contribution in [0.4, 0.5) is 0 Å². The van der Waals surface area contributed by atoms with Gasteiger partial charge in [-0.05, 0) is 61.1 Å². The molecule has 2 aliphatic rings. The van der Waals surface area contributed by atoms with Gasteiger partial charge in [0, 0.05) is 42.8 Å². The fourth-order valence-corrected chi connectivity index (χ4v) is 7.24. The molecule has 2 aromatic carbocycles. The lowest BCUT2D eigenvalue weighted by atomic mass is 9.82. The van der Waals surface area contributed by atoms with Crippen molar-refractivity contribution in [3.63, 3.8) is 0 Å². The van der Waals surface area contributed by atoms with Gasteiger partial charge in [0.25, 0.3) is 5.56 Å². The maximum Gasteiger partial charge on any atom is 0.439 e. The third kappa shape index (κ3) is 6.48. The molecule has 230 valence electrons. The van der Waals surface area contributed by atoms with Crippen molar-refractivity contribution in [2.75, 3.05) is 13.1 Å². The van der Waals surface area contributed by atoms with E-state index in [-0.39, 0.29) is 5.56 Å². The molecule has 2 atom stereocenters. The molecule has 4 aromatic rings. The van der Waals surface area contributed by atoms with Gasteiger partial charge in [-0.1, -0.05) is 92.1 Å². The maximum atomic E-state index is 14.0. The van der Waals surface area contributed by atoms with Crippen LogP contribution in [0.1, 0.15) is 74.5 Å². The highest BCUT2D eigenvalue weighted by Crippen LogP contribution is 2.36. The van der Waals surface area contributed by atoms with Crippen molar-refractivity contribution in [2.24, 2.45) is 11.8 Å². The molecule has 0 spiro atoms. The Labute approximate surface area is 263 Å². The van der Waals surface area contributed by atoms with Gasteiger partial charge in [0.1, 0.15) is 5.82 Å². The van der Waals surface area contributed by atoms with Crippen LogP contribution >= 0.6 is 12.2 Å². The molecule has 9 heteroatoms. The van der Waals surface area contributed by atoms with E-state index in [1.165, 1.54) is 25.7 Å². The predicted molar refractivity (Wildman–Crippen MR) is 177 cm³/mol. The molecule has 44 heavy (non-hydrogen) atoms. The molecule has 0 amide bonds. The molecule has 6 rings (SSSR count). The van der Waals surface area contributed by atoms with E-state index in [4.69, 9.17) is 21.7 Å². The second kappa shape index (κ2) is 13.4. The second-order valence-corrected chi connectivity index (χ2v) is 12.8. The molecule has 2 unspecified atom stereocenters. The average Bonchev–Trinajstić information content (AvgIpc) is 3.68. The van der Waals surface area contributed by atoms with Gasteiger partial charge in [-0.25, -0.2) is 9.78 Å². The Hall–Kier alpha value is -3.85. The highest BCUT2D eigenvalue weighted by atomic mass is 32.1. The molecular weight excluding hydrogens is 570 g/mol. The van der Waals surface area contributed by atoms with E-state index < -0.39 is 5.76 Å². The number of thiocarbonyl (C=S) groups is 1. The lowest BCUT2D eigenvalue weighted by Crippen LogP contribution is -2.32. The van der Waals surface area contributed by atoms with Gasteiger partial charge in [-0.15, -0.1) is 0 Å². The van der Waals surface area contributed by atoms with Crippen molar-refractivity contribution in [1.29, 1.82) is 0 Å². The first-order valence-electron chi connectivity index (χ1n) is 16.0. The zero-order chi connectivity index (χ0) is 30.6. The number of nitrogens with one attached hydrogen (secondary N) is 1. The van der Waals surface area contributed by atoms with Gasteiger partial charge in [-0.3, -0.25) is 18.9 Å². The number of aromatic nitrogens is 4. The third-order valence-corrected chi connectivity index (χ3v) is 9.91. The summed E-state index contributed by atoms with van der Waals surface area (Å²) in [5.41, 5.74) is 5.35. The zero-order valence-electron chi connectivity index (χ0n) is 25.7. The average molecular weight is 612 g/mol. The van der Waals surface area contributed by atoms with Crippen molar-refractivity contribution in [2.45, 2.75) is 78.2 Å². The summed E-state index contributed by atoms with van der Waals surface area (Å²) in [5, 5.41) is 3.87. The van der Waals surface area contributed by atoms with Crippen LogP contribution in [0.25, 0.3) is 22.5 Å². The van der Waals surface area contributed by atoms with Crippen LogP contribution in [0.3, 0.4) is 0 Å². The van der Waals surface area contributed by atoms with Gasteiger partial charge in [0.05, 0.1) is 11.5 Å². The number of nitrogens with zero attached hydrogens (tertiary/aromatic N) is 4. The SMILES string of the molecule is CCCCc1nc(C)c(CCC(=S)N2CC3CCCCC3C2)c(=O)n1Cc1ccc(-c2ccccc2-c2noc(=O)[nH]2)cc1. The lowest BCUT2D eigenvalue weighted by molar-refractivity contribution is 0.299. The number of likely N-dealkylation sites (tertiary alicyclic amines) is 1. The number of fused-ring (bicyclic) bond motifs is 1. The summed E-state index contributed by atoms with van der Waals surface area (Å²) in [6, 6.07) is 15.9. The number of hydrogen-bond acceptors (Lipinski definition) is 6. The van der Waals surface area contributed by atoms with Crippen LogP contribution in [0.15, 0.2) is 62.6 Å². The summed E-state index contributed by atoms with van der Waals surface area (Å²) in [6.07, 6.45) is 9.46. The van der Waals surface area contributed by atoms with E-state index in [1.807, 2.05) is 47.9 Å². The standard InChI is InChI=1S/C35H41N5O3S/c1-3-4-13-31-36-23(2)28(18-19-32(44)39-21-26-9-5-6-10-27(26)22-39)34(41)40(31)20-24-14-16-25(17-15-24)29-11-7-8-12-30(29)33-37-35(42)43-38-33/h7-8,11-12,14-17,26-27H,3-6,9-10,13,18-22H2,1-2H3,(H,37,38,42). The molecular formula is C35H41N5O3S. The molecule has 8 nitrogen and oxygen atoms in total. The third-order valence-electron chi connectivity index (χ3n) is 9.45. The fourth-order valence-electron chi connectivity index (χ4n) is 6.99. The molecule has 1 aliphatic carbocycles. The zero-order valence-corrected chi connectivity index (χ0v) is 26.5. The van der Waals surface area contributed by atoms with Crippen molar-refractivity contribution in [3.8, 4) is 22.5 Å². The van der Waals surface area contributed by atoms with Gasteiger partial charge in [0.2, 0.25) is 0 Å². The first-order valence-corrected chi connectivity index (χ1v) is 16.4. The number of rotatable bonds is 10. The van der Waals surface area contributed by atoms with Crippen LogP contribution in [-0.2, 0) is 19.4 Å². The minimum absolute atomic E-state index is 0.0471. The number of hydrogen-bond donors (Lipinski definition) is 1. The van der Waals surface area contributed by atoms with Crippen molar-refractivity contribution < 1.29 is 4.52 Å². The summed E-state index contributed by atoms with van der Waals surface area (Å²) < 4.78 is 6.60. The summed E-state index contributed by atoms with van der Waals surface area (Å²) in [7, 11) is 0. The van der Waals surface area contributed by atoms with Gasteiger partial charge in [-0.2, -0.15) is 0 Å². The first kappa shape index (κ1) is 30.2. The van der Waals surface area contributed by atoms with Gasteiger partial charge < -0.3 is 4.90 Å². The largest absolute Gasteiger partial charge is 0.439 e. The van der Waals surface area contributed by atoms with E-state index in [0.29, 0.717) is 25.2 Å². The Kier molecular flexibility index (Phi) is 9.21. The predicted octanol–water partition coefficient (Wildman–Crippen LogP) is 6.33. The van der Waals surface area contributed by atoms with Crippen molar-refractivity contribution in [1.82, 2.24) is 24.6 Å².